The van der Waals surface area contributed by atoms with Gasteiger partial charge in [0.2, 0.25) is 0 Å². The Morgan fingerprint density at radius 2 is 1.34 bits per heavy atom. The Morgan fingerprint density at radius 3 is 2.06 bits per heavy atom. The standard InChI is InChI=1S/C27H24N2O3/c1-31-24-17-10-18-25(32-19-20-11-4-2-5-12-20)26(24)27(30)29-23-16-9-8-15-22(23)28-21-13-6-3-7-14-21/h2-18,28H,19H2,1H3,(H,29,30). The third-order valence-corrected chi connectivity index (χ3v) is 4.90. The molecule has 4 rings (SSSR count). The first-order chi connectivity index (χ1) is 15.7. The summed E-state index contributed by atoms with van der Waals surface area (Å²) in [5.41, 5.74) is 3.73. The maximum Gasteiger partial charge on any atom is 0.263 e. The second-order valence-electron chi connectivity index (χ2n) is 7.10. The predicted octanol–water partition coefficient (Wildman–Crippen LogP) is 6.27. The molecule has 0 aliphatic heterocycles. The molecule has 2 N–H and O–H groups in total. The molecule has 0 radical (unpaired) electrons. The number of nitrogens with one attached hydrogen (secondary N) is 2. The summed E-state index contributed by atoms with van der Waals surface area (Å²) in [5.74, 6) is 0.591. The molecule has 0 aliphatic rings. The number of carbonyl (C=O) groups excluding carboxylic acids is 1. The van der Waals surface area contributed by atoms with Gasteiger partial charge in [0, 0.05) is 5.69 Å². The van der Waals surface area contributed by atoms with Crippen molar-refractivity contribution in [3.8, 4) is 11.5 Å². The fourth-order valence-electron chi connectivity index (χ4n) is 3.32. The molecule has 1 amide bonds. The van der Waals surface area contributed by atoms with E-state index in [0.717, 1.165) is 16.9 Å². The molecule has 0 atom stereocenters. The Bertz CT molecular complexity index is 1180. The lowest BCUT2D eigenvalue weighted by molar-refractivity contribution is 0.101. The Labute approximate surface area is 187 Å². The molecule has 0 saturated carbocycles. The highest BCUT2D eigenvalue weighted by atomic mass is 16.5. The highest BCUT2D eigenvalue weighted by Crippen LogP contribution is 2.32. The molecule has 4 aromatic carbocycles. The van der Waals surface area contributed by atoms with E-state index in [1.807, 2.05) is 84.9 Å². The molecular weight excluding hydrogens is 400 g/mol. The quantitative estimate of drug-likeness (QED) is 0.350. The number of methoxy groups -OCH3 is 1. The zero-order chi connectivity index (χ0) is 22.2. The van der Waals surface area contributed by atoms with E-state index in [0.29, 0.717) is 29.4 Å². The maximum absolute atomic E-state index is 13.3. The van der Waals surface area contributed by atoms with Crippen LogP contribution in [0.15, 0.2) is 103 Å². The topological polar surface area (TPSA) is 59.6 Å². The van der Waals surface area contributed by atoms with Crippen molar-refractivity contribution in [2.45, 2.75) is 6.61 Å². The number of rotatable bonds is 8. The van der Waals surface area contributed by atoms with Gasteiger partial charge >= 0.3 is 0 Å². The van der Waals surface area contributed by atoms with Crippen LogP contribution in [-0.4, -0.2) is 13.0 Å². The average Bonchev–Trinajstić information content (AvgIpc) is 2.85. The van der Waals surface area contributed by atoms with Crippen LogP contribution in [0.25, 0.3) is 0 Å². The second kappa shape index (κ2) is 10.2. The van der Waals surface area contributed by atoms with Gasteiger partial charge in [-0.05, 0) is 42.0 Å². The van der Waals surface area contributed by atoms with E-state index in [4.69, 9.17) is 9.47 Å². The van der Waals surface area contributed by atoms with Crippen LogP contribution in [0.4, 0.5) is 17.1 Å². The van der Waals surface area contributed by atoms with Gasteiger partial charge in [0.25, 0.3) is 5.91 Å². The minimum absolute atomic E-state index is 0.312. The summed E-state index contributed by atoms with van der Waals surface area (Å²) in [7, 11) is 1.54. The van der Waals surface area contributed by atoms with Crippen LogP contribution in [0.3, 0.4) is 0 Å². The monoisotopic (exact) mass is 424 g/mol. The first-order valence-corrected chi connectivity index (χ1v) is 10.3. The number of benzene rings is 4. The molecule has 0 aliphatic carbocycles. The second-order valence-corrected chi connectivity index (χ2v) is 7.10. The fourth-order valence-corrected chi connectivity index (χ4v) is 3.32. The first kappa shape index (κ1) is 21.0. The highest BCUT2D eigenvalue weighted by molar-refractivity contribution is 6.09. The normalized spacial score (nSPS) is 10.3. The van der Waals surface area contributed by atoms with Crippen molar-refractivity contribution in [1.29, 1.82) is 0 Å². The van der Waals surface area contributed by atoms with E-state index in [-0.39, 0.29) is 5.91 Å². The predicted molar refractivity (Wildman–Crippen MR) is 128 cm³/mol. The van der Waals surface area contributed by atoms with E-state index < -0.39 is 0 Å². The summed E-state index contributed by atoms with van der Waals surface area (Å²) in [6.07, 6.45) is 0. The van der Waals surface area contributed by atoms with E-state index in [9.17, 15) is 4.79 Å². The molecule has 160 valence electrons. The van der Waals surface area contributed by atoms with Crippen LogP contribution in [0.2, 0.25) is 0 Å². The van der Waals surface area contributed by atoms with Crippen molar-refractivity contribution < 1.29 is 14.3 Å². The SMILES string of the molecule is COc1cccc(OCc2ccccc2)c1C(=O)Nc1ccccc1Nc1ccccc1. The maximum atomic E-state index is 13.3. The fraction of sp³-hybridized carbons (Fsp3) is 0.0741. The van der Waals surface area contributed by atoms with Crippen LogP contribution in [0.1, 0.15) is 15.9 Å². The van der Waals surface area contributed by atoms with Gasteiger partial charge in [-0.3, -0.25) is 4.79 Å². The van der Waals surface area contributed by atoms with E-state index in [1.54, 1.807) is 18.2 Å². The van der Waals surface area contributed by atoms with Gasteiger partial charge in [-0.2, -0.15) is 0 Å². The van der Waals surface area contributed by atoms with Crippen molar-refractivity contribution in [2.75, 3.05) is 17.7 Å². The molecule has 0 fully saturated rings. The minimum Gasteiger partial charge on any atom is -0.496 e. The van der Waals surface area contributed by atoms with Gasteiger partial charge < -0.3 is 20.1 Å². The minimum atomic E-state index is -0.312. The van der Waals surface area contributed by atoms with E-state index in [1.165, 1.54) is 7.11 Å². The van der Waals surface area contributed by atoms with E-state index >= 15 is 0 Å². The third-order valence-electron chi connectivity index (χ3n) is 4.90. The molecule has 32 heavy (non-hydrogen) atoms. The molecule has 0 spiro atoms. The number of amides is 1. The number of para-hydroxylation sites is 3. The number of carbonyl (C=O) groups is 1. The smallest absolute Gasteiger partial charge is 0.263 e. The molecule has 0 heterocycles. The van der Waals surface area contributed by atoms with Crippen LogP contribution < -0.4 is 20.1 Å². The van der Waals surface area contributed by atoms with Crippen LogP contribution >= 0.6 is 0 Å². The zero-order valence-corrected chi connectivity index (χ0v) is 17.7. The van der Waals surface area contributed by atoms with Crippen LogP contribution in [-0.2, 0) is 6.61 Å². The number of anilines is 3. The number of hydrogen-bond donors (Lipinski definition) is 2. The summed E-state index contributed by atoms with van der Waals surface area (Å²) in [5, 5.41) is 6.34. The van der Waals surface area contributed by atoms with Gasteiger partial charge in [0.1, 0.15) is 23.7 Å². The van der Waals surface area contributed by atoms with Crippen molar-refractivity contribution in [2.24, 2.45) is 0 Å². The lowest BCUT2D eigenvalue weighted by Gasteiger charge is -2.17. The summed E-state index contributed by atoms with van der Waals surface area (Å²) in [6.45, 7) is 0.348. The number of ether oxygens (including phenoxy) is 2. The van der Waals surface area contributed by atoms with Crippen molar-refractivity contribution in [1.82, 2.24) is 0 Å². The van der Waals surface area contributed by atoms with Crippen LogP contribution in [0, 0.1) is 0 Å². The third kappa shape index (κ3) is 5.08. The van der Waals surface area contributed by atoms with Gasteiger partial charge in [-0.1, -0.05) is 66.7 Å². The largest absolute Gasteiger partial charge is 0.496 e. The van der Waals surface area contributed by atoms with Gasteiger partial charge in [-0.25, -0.2) is 0 Å². The van der Waals surface area contributed by atoms with E-state index in [2.05, 4.69) is 10.6 Å². The summed E-state index contributed by atoms with van der Waals surface area (Å²) >= 11 is 0. The summed E-state index contributed by atoms with van der Waals surface area (Å²) in [4.78, 5) is 13.3. The zero-order valence-electron chi connectivity index (χ0n) is 17.7. The Balaban J connectivity index is 1.58. The Kier molecular flexibility index (Phi) is 6.68. The molecule has 0 aromatic heterocycles. The molecule has 0 unspecified atom stereocenters. The average molecular weight is 425 g/mol. The Hall–Kier alpha value is -4.25. The van der Waals surface area contributed by atoms with Gasteiger partial charge in [-0.15, -0.1) is 0 Å². The van der Waals surface area contributed by atoms with Crippen molar-refractivity contribution in [3.05, 3.63) is 114 Å². The van der Waals surface area contributed by atoms with Crippen LogP contribution in [0.5, 0.6) is 11.5 Å². The first-order valence-electron chi connectivity index (χ1n) is 10.3. The Morgan fingerprint density at radius 1 is 0.719 bits per heavy atom. The van der Waals surface area contributed by atoms with Gasteiger partial charge in [0.15, 0.2) is 0 Å². The molecule has 5 heteroatoms. The summed E-state index contributed by atoms with van der Waals surface area (Å²) < 4.78 is 11.5. The molecule has 0 bridgehead atoms. The summed E-state index contributed by atoms with van der Waals surface area (Å²) in [6, 6.07) is 32.5. The lowest BCUT2D eigenvalue weighted by Crippen LogP contribution is -2.16. The molecular formula is C27H24N2O3. The molecule has 5 nitrogen and oxygen atoms in total. The molecule has 0 saturated heterocycles. The van der Waals surface area contributed by atoms with Crippen molar-refractivity contribution >= 4 is 23.0 Å². The van der Waals surface area contributed by atoms with Crippen molar-refractivity contribution in [3.63, 3.8) is 0 Å². The lowest BCUT2D eigenvalue weighted by atomic mass is 10.1. The molecule has 4 aromatic rings. The number of hydrogen-bond acceptors (Lipinski definition) is 4. The van der Waals surface area contributed by atoms with Gasteiger partial charge in [0.05, 0.1) is 18.5 Å². The highest BCUT2D eigenvalue weighted by Gasteiger charge is 2.20.